The van der Waals surface area contributed by atoms with Crippen LogP contribution in [0, 0.1) is 0 Å². The van der Waals surface area contributed by atoms with Crippen LogP contribution in [-0.4, -0.2) is 40.8 Å². The number of aryl methyl sites for hydroxylation is 1. The Kier molecular flexibility index (Phi) is 3.56. The van der Waals surface area contributed by atoms with Crippen molar-refractivity contribution < 1.29 is 9.26 Å². The van der Waals surface area contributed by atoms with Crippen LogP contribution in [0.25, 0.3) is 0 Å². The van der Waals surface area contributed by atoms with Gasteiger partial charge in [-0.2, -0.15) is 4.98 Å². The number of nitrogens with zero attached hydrogens (tertiary/aromatic N) is 3. The van der Waals surface area contributed by atoms with E-state index in [2.05, 4.69) is 28.9 Å². The third-order valence-corrected chi connectivity index (χ3v) is 2.98. The van der Waals surface area contributed by atoms with E-state index in [4.69, 9.17) is 9.26 Å². The molecule has 1 aliphatic rings. The van der Waals surface area contributed by atoms with E-state index in [1.54, 1.807) is 0 Å². The molecule has 0 unspecified atom stereocenters. The van der Waals surface area contributed by atoms with Crippen molar-refractivity contribution in [2.75, 3.05) is 19.7 Å². The molecule has 5 nitrogen and oxygen atoms in total. The van der Waals surface area contributed by atoms with Gasteiger partial charge in [-0.3, -0.25) is 4.90 Å². The maximum atomic E-state index is 5.51. The highest BCUT2D eigenvalue weighted by molar-refractivity contribution is 4.92. The van der Waals surface area contributed by atoms with Crippen LogP contribution in [0.1, 0.15) is 38.5 Å². The molecule has 2 atom stereocenters. The summed E-state index contributed by atoms with van der Waals surface area (Å²) in [7, 11) is 0. The van der Waals surface area contributed by atoms with Gasteiger partial charge in [0.05, 0.1) is 18.8 Å². The zero-order valence-corrected chi connectivity index (χ0v) is 10.1. The summed E-state index contributed by atoms with van der Waals surface area (Å²) < 4.78 is 10.8. The molecule has 2 rings (SSSR count). The third-order valence-electron chi connectivity index (χ3n) is 2.98. The van der Waals surface area contributed by atoms with Crippen LogP contribution in [-0.2, 0) is 11.2 Å². The fourth-order valence-electron chi connectivity index (χ4n) is 1.93. The molecule has 0 bridgehead atoms. The minimum Gasteiger partial charge on any atom is -0.376 e. The predicted octanol–water partition coefficient (Wildman–Crippen LogP) is 1.41. The summed E-state index contributed by atoms with van der Waals surface area (Å²) in [4.78, 5) is 6.69. The van der Waals surface area contributed by atoms with Crippen LogP contribution >= 0.6 is 0 Å². The molecule has 0 saturated carbocycles. The number of aromatic nitrogens is 2. The summed E-state index contributed by atoms with van der Waals surface area (Å²) in [5.41, 5.74) is 0. The number of morpholine rings is 1. The Morgan fingerprint density at radius 2 is 2.38 bits per heavy atom. The molecule has 0 aromatic carbocycles. The largest absolute Gasteiger partial charge is 0.376 e. The van der Waals surface area contributed by atoms with E-state index in [-0.39, 0.29) is 12.1 Å². The molecule has 1 aromatic rings. The zero-order valence-electron chi connectivity index (χ0n) is 10.1. The van der Waals surface area contributed by atoms with Crippen molar-refractivity contribution in [2.24, 2.45) is 0 Å². The second kappa shape index (κ2) is 4.93. The second-order valence-corrected chi connectivity index (χ2v) is 4.25. The fraction of sp³-hybridized carbons (Fsp3) is 0.818. The SMILES string of the molecule is CCc1noc([C@@H](C)N2CCO[C@H](C)C2)n1. The molecule has 0 radical (unpaired) electrons. The van der Waals surface area contributed by atoms with E-state index < -0.39 is 0 Å². The first kappa shape index (κ1) is 11.5. The highest BCUT2D eigenvalue weighted by Crippen LogP contribution is 2.21. The molecule has 0 N–H and O–H groups in total. The Labute approximate surface area is 95.8 Å². The third kappa shape index (κ3) is 2.41. The average molecular weight is 225 g/mol. The van der Waals surface area contributed by atoms with Crippen LogP contribution in [0.3, 0.4) is 0 Å². The lowest BCUT2D eigenvalue weighted by Gasteiger charge is -2.33. The van der Waals surface area contributed by atoms with Crippen molar-refractivity contribution in [1.82, 2.24) is 15.0 Å². The first-order valence-corrected chi connectivity index (χ1v) is 5.88. The molecule has 2 heterocycles. The lowest BCUT2D eigenvalue weighted by Crippen LogP contribution is -2.42. The topological polar surface area (TPSA) is 51.4 Å². The zero-order chi connectivity index (χ0) is 11.5. The van der Waals surface area contributed by atoms with Crippen molar-refractivity contribution in [3.8, 4) is 0 Å². The summed E-state index contributed by atoms with van der Waals surface area (Å²) in [6, 6.07) is 0.180. The van der Waals surface area contributed by atoms with Gasteiger partial charge in [0.1, 0.15) is 0 Å². The minimum atomic E-state index is 0.180. The molecule has 1 fully saturated rings. The van der Waals surface area contributed by atoms with Gasteiger partial charge in [-0.1, -0.05) is 12.1 Å². The van der Waals surface area contributed by atoms with Crippen molar-refractivity contribution in [1.29, 1.82) is 0 Å². The van der Waals surface area contributed by atoms with E-state index >= 15 is 0 Å². The summed E-state index contributed by atoms with van der Waals surface area (Å²) in [6.07, 6.45) is 1.10. The molecule has 90 valence electrons. The minimum absolute atomic E-state index is 0.180. The van der Waals surface area contributed by atoms with Gasteiger partial charge >= 0.3 is 0 Å². The van der Waals surface area contributed by atoms with E-state index in [1.807, 2.05) is 6.92 Å². The summed E-state index contributed by atoms with van der Waals surface area (Å²) in [6.45, 7) is 8.84. The van der Waals surface area contributed by atoms with Gasteiger partial charge in [-0.15, -0.1) is 0 Å². The normalized spacial score (nSPS) is 24.6. The molecule has 1 aromatic heterocycles. The Balaban J connectivity index is 2.02. The number of hydrogen-bond acceptors (Lipinski definition) is 5. The number of hydrogen-bond donors (Lipinski definition) is 0. The van der Waals surface area contributed by atoms with Crippen molar-refractivity contribution in [3.05, 3.63) is 11.7 Å². The lowest BCUT2D eigenvalue weighted by molar-refractivity contribution is -0.0361. The summed E-state index contributed by atoms with van der Waals surface area (Å²) in [5, 5.41) is 3.93. The molecular weight excluding hydrogens is 206 g/mol. The van der Waals surface area contributed by atoms with Gasteiger partial charge in [0, 0.05) is 19.5 Å². The fourth-order valence-corrected chi connectivity index (χ4v) is 1.93. The Bertz CT molecular complexity index is 340. The smallest absolute Gasteiger partial charge is 0.243 e. The first-order chi connectivity index (χ1) is 7.70. The van der Waals surface area contributed by atoms with Gasteiger partial charge in [-0.25, -0.2) is 0 Å². The van der Waals surface area contributed by atoms with Crippen molar-refractivity contribution in [2.45, 2.75) is 39.3 Å². The van der Waals surface area contributed by atoms with Crippen LogP contribution in [0.2, 0.25) is 0 Å². The molecule has 1 aliphatic heterocycles. The highest BCUT2D eigenvalue weighted by Gasteiger charge is 2.25. The maximum Gasteiger partial charge on any atom is 0.243 e. The molecule has 1 saturated heterocycles. The number of ether oxygens (including phenoxy) is 1. The first-order valence-electron chi connectivity index (χ1n) is 5.88. The standard InChI is InChI=1S/C11H19N3O2/c1-4-10-12-11(16-13-10)9(3)14-5-6-15-8(2)7-14/h8-9H,4-7H2,1-3H3/t8-,9-/m1/s1. The molecular formula is C11H19N3O2. The van der Waals surface area contributed by atoms with Crippen molar-refractivity contribution >= 4 is 0 Å². The maximum absolute atomic E-state index is 5.51. The molecule has 16 heavy (non-hydrogen) atoms. The van der Waals surface area contributed by atoms with Crippen LogP contribution < -0.4 is 0 Å². The summed E-state index contributed by atoms with van der Waals surface area (Å²) >= 11 is 0. The van der Waals surface area contributed by atoms with E-state index in [0.717, 1.165) is 31.9 Å². The van der Waals surface area contributed by atoms with E-state index in [1.165, 1.54) is 0 Å². The van der Waals surface area contributed by atoms with Gasteiger partial charge in [0.25, 0.3) is 0 Å². The highest BCUT2D eigenvalue weighted by atomic mass is 16.5. The monoisotopic (exact) mass is 225 g/mol. The average Bonchev–Trinajstić information content (AvgIpc) is 2.76. The van der Waals surface area contributed by atoms with Gasteiger partial charge in [-0.05, 0) is 13.8 Å². The van der Waals surface area contributed by atoms with Crippen molar-refractivity contribution in [3.63, 3.8) is 0 Å². The molecule has 0 amide bonds. The Hall–Kier alpha value is -0.940. The van der Waals surface area contributed by atoms with Gasteiger partial charge in [0.2, 0.25) is 5.89 Å². The number of rotatable bonds is 3. The quantitative estimate of drug-likeness (QED) is 0.778. The molecule has 5 heteroatoms. The van der Waals surface area contributed by atoms with E-state index in [0.29, 0.717) is 5.89 Å². The van der Waals surface area contributed by atoms with Gasteiger partial charge < -0.3 is 9.26 Å². The lowest BCUT2D eigenvalue weighted by atomic mass is 10.2. The molecule has 0 spiro atoms. The Morgan fingerprint density at radius 1 is 1.56 bits per heavy atom. The van der Waals surface area contributed by atoms with Crippen LogP contribution in [0.5, 0.6) is 0 Å². The van der Waals surface area contributed by atoms with Gasteiger partial charge in [0.15, 0.2) is 5.82 Å². The Morgan fingerprint density at radius 3 is 3.00 bits per heavy atom. The van der Waals surface area contributed by atoms with E-state index in [9.17, 15) is 0 Å². The predicted molar refractivity (Wildman–Crippen MR) is 59.1 cm³/mol. The second-order valence-electron chi connectivity index (χ2n) is 4.25. The molecule has 0 aliphatic carbocycles. The van der Waals surface area contributed by atoms with Crippen LogP contribution in [0.15, 0.2) is 4.52 Å². The summed E-state index contributed by atoms with van der Waals surface area (Å²) in [5.74, 6) is 1.49. The van der Waals surface area contributed by atoms with Crippen LogP contribution in [0.4, 0.5) is 0 Å².